The Kier molecular flexibility index (Phi) is 5.59. The number of carboxylic acid groups (broad SMARTS) is 1. The van der Waals surface area contributed by atoms with E-state index in [0.29, 0.717) is 19.4 Å². The molecule has 130 valence electrons. The Morgan fingerprint density at radius 2 is 1.92 bits per heavy atom. The van der Waals surface area contributed by atoms with Gasteiger partial charge < -0.3 is 15.3 Å². The van der Waals surface area contributed by atoms with Crippen molar-refractivity contribution >= 4 is 23.5 Å². The number of nitrogens with one attached hydrogen (secondary N) is 1. The van der Waals surface area contributed by atoms with Gasteiger partial charge >= 0.3 is 5.97 Å². The van der Waals surface area contributed by atoms with Crippen molar-refractivity contribution < 1.29 is 19.5 Å². The molecular formula is C18H24N2O4. The Hall–Kier alpha value is -2.37. The van der Waals surface area contributed by atoms with Crippen LogP contribution in [0.5, 0.6) is 0 Å². The van der Waals surface area contributed by atoms with Gasteiger partial charge in [0.05, 0.1) is 0 Å². The van der Waals surface area contributed by atoms with E-state index < -0.39 is 11.5 Å². The molecule has 1 aliphatic heterocycles. The number of para-hydroxylation sites is 1. The summed E-state index contributed by atoms with van der Waals surface area (Å²) in [5.41, 5.74) is 1.42. The SMILES string of the molecule is CC(C)(CCC(=O)O)NC(=O)CCN1C(=O)CCc2ccccc21. The van der Waals surface area contributed by atoms with E-state index in [4.69, 9.17) is 5.11 Å². The third kappa shape index (κ3) is 4.81. The summed E-state index contributed by atoms with van der Waals surface area (Å²) in [6.07, 6.45) is 1.75. The maximum absolute atomic E-state index is 12.2. The van der Waals surface area contributed by atoms with Crippen molar-refractivity contribution in [2.75, 3.05) is 11.4 Å². The Bertz CT molecular complexity index is 640. The van der Waals surface area contributed by atoms with Crippen molar-refractivity contribution in [3.63, 3.8) is 0 Å². The molecule has 24 heavy (non-hydrogen) atoms. The topological polar surface area (TPSA) is 86.7 Å². The number of aryl methyl sites for hydroxylation is 1. The summed E-state index contributed by atoms with van der Waals surface area (Å²) >= 11 is 0. The van der Waals surface area contributed by atoms with Gasteiger partial charge in [0.2, 0.25) is 11.8 Å². The van der Waals surface area contributed by atoms with Gasteiger partial charge in [-0.05, 0) is 38.3 Å². The molecule has 0 aromatic heterocycles. The third-order valence-electron chi connectivity index (χ3n) is 4.20. The van der Waals surface area contributed by atoms with Crippen LogP contribution in [-0.2, 0) is 20.8 Å². The van der Waals surface area contributed by atoms with Gasteiger partial charge in [0.25, 0.3) is 0 Å². The summed E-state index contributed by atoms with van der Waals surface area (Å²) in [4.78, 5) is 36.7. The molecule has 2 amide bonds. The lowest BCUT2D eigenvalue weighted by molar-refractivity contribution is -0.138. The van der Waals surface area contributed by atoms with Crippen LogP contribution in [0.25, 0.3) is 0 Å². The number of carbonyl (C=O) groups is 3. The number of aliphatic carboxylic acids is 1. The van der Waals surface area contributed by atoms with Gasteiger partial charge in [-0.25, -0.2) is 0 Å². The average Bonchev–Trinajstić information content (AvgIpc) is 2.52. The fourth-order valence-electron chi connectivity index (χ4n) is 2.88. The van der Waals surface area contributed by atoms with Crippen molar-refractivity contribution in [1.29, 1.82) is 0 Å². The molecule has 6 nitrogen and oxygen atoms in total. The van der Waals surface area contributed by atoms with E-state index in [1.54, 1.807) is 18.7 Å². The van der Waals surface area contributed by atoms with E-state index in [-0.39, 0.29) is 24.7 Å². The minimum Gasteiger partial charge on any atom is -0.481 e. The van der Waals surface area contributed by atoms with E-state index >= 15 is 0 Å². The van der Waals surface area contributed by atoms with E-state index in [0.717, 1.165) is 17.7 Å². The monoisotopic (exact) mass is 332 g/mol. The van der Waals surface area contributed by atoms with Gasteiger partial charge in [-0.1, -0.05) is 18.2 Å². The lowest BCUT2D eigenvalue weighted by Crippen LogP contribution is -2.45. The highest BCUT2D eigenvalue weighted by molar-refractivity contribution is 5.97. The summed E-state index contributed by atoms with van der Waals surface area (Å²) in [6.45, 7) is 3.93. The number of hydrogen-bond acceptors (Lipinski definition) is 3. The quantitative estimate of drug-likeness (QED) is 0.801. The predicted octanol–water partition coefficient (Wildman–Crippen LogP) is 2.12. The van der Waals surface area contributed by atoms with Crippen molar-refractivity contribution in [3.8, 4) is 0 Å². The van der Waals surface area contributed by atoms with Crippen LogP contribution in [0.2, 0.25) is 0 Å². The minimum atomic E-state index is -0.882. The maximum atomic E-state index is 12.2. The molecule has 0 unspecified atom stereocenters. The Morgan fingerprint density at radius 3 is 2.62 bits per heavy atom. The second-order valence-corrected chi connectivity index (χ2v) is 6.75. The predicted molar refractivity (Wildman–Crippen MR) is 90.8 cm³/mol. The van der Waals surface area contributed by atoms with Gasteiger partial charge in [-0.15, -0.1) is 0 Å². The molecule has 1 heterocycles. The van der Waals surface area contributed by atoms with Gasteiger partial charge in [-0.3, -0.25) is 14.4 Å². The van der Waals surface area contributed by atoms with Crippen LogP contribution in [-0.4, -0.2) is 35.0 Å². The van der Waals surface area contributed by atoms with Crippen molar-refractivity contribution in [1.82, 2.24) is 5.32 Å². The Balaban J connectivity index is 1.92. The molecule has 0 fully saturated rings. The second-order valence-electron chi connectivity index (χ2n) is 6.75. The number of carboxylic acids is 1. The molecule has 6 heteroatoms. The number of fused-ring (bicyclic) bond motifs is 1. The van der Waals surface area contributed by atoms with Crippen LogP contribution >= 0.6 is 0 Å². The molecule has 0 saturated heterocycles. The first-order chi connectivity index (χ1) is 11.3. The van der Waals surface area contributed by atoms with Gasteiger partial charge in [0.1, 0.15) is 0 Å². The first kappa shape index (κ1) is 18.0. The molecular weight excluding hydrogens is 308 g/mol. The van der Waals surface area contributed by atoms with Crippen LogP contribution in [0, 0.1) is 0 Å². The fraction of sp³-hybridized carbons (Fsp3) is 0.500. The first-order valence-corrected chi connectivity index (χ1v) is 8.19. The van der Waals surface area contributed by atoms with Gasteiger partial charge in [0.15, 0.2) is 0 Å². The largest absolute Gasteiger partial charge is 0.481 e. The highest BCUT2D eigenvalue weighted by atomic mass is 16.4. The molecule has 0 atom stereocenters. The normalized spacial score (nSPS) is 14.2. The van der Waals surface area contributed by atoms with Crippen LogP contribution in [0.1, 0.15) is 45.1 Å². The first-order valence-electron chi connectivity index (χ1n) is 8.19. The lowest BCUT2D eigenvalue weighted by atomic mass is 9.98. The molecule has 1 aliphatic rings. The molecule has 0 saturated carbocycles. The summed E-state index contributed by atoms with van der Waals surface area (Å²) in [6, 6.07) is 7.74. The lowest BCUT2D eigenvalue weighted by Gasteiger charge is -2.30. The zero-order valence-corrected chi connectivity index (χ0v) is 14.2. The van der Waals surface area contributed by atoms with E-state index in [1.807, 2.05) is 24.3 Å². The number of rotatable bonds is 7. The minimum absolute atomic E-state index is 0.00522. The number of carbonyl (C=O) groups excluding carboxylic acids is 2. The van der Waals surface area contributed by atoms with Crippen LogP contribution in [0.15, 0.2) is 24.3 Å². The van der Waals surface area contributed by atoms with Gasteiger partial charge in [0, 0.05) is 37.0 Å². The summed E-state index contributed by atoms with van der Waals surface area (Å²) in [7, 11) is 0. The molecule has 1 aromatic rings. The zero-order chi connectivity index (χ0) is 17.7. The molecule has 2 rings (SSSR count). The van der Waals surface area contributed by atoms with E-state index in [1.165, 1.54) is 0 Å². The maximum Gasteiger partial charge on any atom is 0.303 e. The number of benzene rings is 1. The fourth-order valence-corrected chi connectivity index (χ4v) is 2.88. The third-order valence-corrected chi connectivity index (χ3v) is 4.20. The second kappa shape index (κ2) is 7.47. The smallest absolute Gasteiger partial charge is 0.303 e. The molecule has 0 bridgehead atoms. The van der Waals surface area contributed by atoms with Crippen LogP contribution in [0.3, 0.4) is 0 Å². The van der Waals surface area contributed by atoms with E-state index in [9.17, 15) is 14.4 Å². The molecule has 0 aliphatic carbocycles. The van der Waals surface area contributed by atoms with Crippen molar-refractivity contribution in [2.24, 2.45) is 0 Å². The standard InChI is InChI=1S/C18H24N2O4/c1-18(2,11-9-17(23)24)19-15(21)10-12-20-14-6-4-3-5-13(14)7-8-16(20)22/h3-6H,7-12H2,1-2H3,(H,19,21)(H,23,24). The summed E-state index contributed by atoms with van der Waals surface area (Å²) in [5, 5.41) is 11.6. The zero-order valence-electron chi connectivity index (χ0n) is 14.2. The number of hydrogen-bond donors (Lipinski definition) is 2. The van der Waals surface area contributed by atoms with Crippen molar-refractivity contribution in [2.45, 2.75) is 51.5 Å². The number of anilines is 1. The Morgan fingerprint density at radius 1 is 1.21 bits per heavy atom. The highest BCUT2D eigenvalue weighted by Crippen LogP contribution is 2.27. The van der Waals surface area contributed by atoms with Crippen LogP contribution < -0.4 is 10.2 Å². The molecule has 2 N–H and O–H groups in total. The van der Waals surface area contributed by atoms with Gasteiger partial charge in [-0.2, -0.15) is 0 Å². The molecule has 0 radical (unpaired) electrons. The summed E-state index contributed by atoms with van der Waals surface area (Å²) < 4.78 is 0. The molecule has 1 aromatic carbocycles. The van der Waals surface area contributed by atoms with Crippen molar-refractivity contribution in [3.05, 3.63) is 29.8 Å². The number of nitrogens with zero attached hydrogens (tertiary/aromatic N) is 1. The van der Waals surface area contributed by atoms with E-state index in [2.05, 4.69) is 5.32 Å². The summed E-state index contributed by atoms with van der Waals surface area (Å²) in [5.74, 6) is -1.03. The Labute approximate surface area is 141 Å². The average molecular weight is 332 g/mol. The van der Waals surface area contributed by atoms with Crippen LogP contribution in [0.4, 0.5) is 5.69 Å². The highest BCUT2D eigenvalue weighted by Gasteiger charge is 2.25. The molecule has 0 spiro atoms. The number of amides is 2.